The third-order valence-corrected chi connectivity index (χ3v) is 25.6. The van der Waals surface area contributed by atoms with Crippen LogP contribution in [-0.4, -0.2) is 19.9 Å². The summed E-state index contributed by atoms with van der Waals surface area (Å²) in [6.45, 7) is 9.34. The third-order valence-electron chi connectivity index (χ3n) is 25.6. The van der Waals surface area contributed by atoms with Crippen molar-refractivity contribution in [3.8, 4) is 156 Å². The van der Waals surface area contributed by atoms with Crippen LogP contribution in [0.1, 0.15) is 72.2 Å². The van der Waals surface area contributed by atoms with E-state index in [0.717, 1.165) is 113 Å². The fourth-order valence-electron chi connectivity index (χ4n) is 19.5. The zero-order valence-corrected chi connectivity index (χ0v) is 65.7. The van der Waals surface area contributed by atoms with Gasteiger partial charge >= 0.3 is 0 Å². The number of aromatic nitrogens is 4. The molecule has 556 valence electrons. The van der Waals surface area contributed by atoms with Gasteiger partial charge in [-0.3, -0.25) is 0 Å². The van der Waals surface area contributed by atoms with E-state index in [0.29, 0.717) is 11.2 Å². The van der Waals surface area contributed by atoms with Crippen molar-refractivity contribution in [3.63, 3.8) is 0 Å². The molecular formula is C112H76N4O2. The topological polar surface area (TPSA) is 77.8 Å². The summed E-state index contributed by atoms with van der Waals surface area (Å²) >= 11 is 0. The molecule has 4 aliphatic carbocycles. The molecule has 6 nitrogen and oxygen atoms in total. The zero-order chi connectivity index (χ0) is 78.5. The summed E-state index contributed by atoms with van der Waals surface area (Å²) in [7, 11) is 0. The number of rotatable bonds is 10. The Balaban J connectivity index is 0.000000139. The van der Waals surface area contributed by atoms with Gasteiger partial charge in [-0.1, -0.05) is 307 Å². The highest BCUT2D eigenvalue weighted by atomic mass is 16.3. The van der Waals surface area contributed by atoms with Crippen molar-refractivity contribution in [3.05, 3.63) is 409 Å². The summed E-state index contributed by atoms with van der Waals surface area (Å²) < 4.78 is 13.1. The Morgan fingerprint density at radius 3 is 0.856 bits per heavy atom. The van der Waals surface area contributed by atoms with E-state index in [1.54, 1.807) is 12.7 Å². The van der Waals surface area contributed by atoms with Crippen LogP contribution in [0.3, 0.4) is 0 Å². The monoisotopic (exact) mass is 1510 g/mol. The standard InChI is InChI=1S/C58H42N2O.C54H34N2O/c1-57(2)49-20-7-5-18-44(49)46-25-22-41(32-51(46)57)37-14-9-12-35(28-37)39-16-11-17-43(30-39)54-56-55(60-34-59-54)48-31-40(24-27-53(48)61-56)36-13-10-15-38(29-36)42-23-26-47-45-19-6-8-21-50(45)58(3,4)52(47)33-42;1-3-16-46-41(8-1)29-44-27-38(18-21-48(44)46)34-11-5-10-33(24-34)37-14-7-15-43(26-37)52-54-53(56-32-55-52)50-31-40(20-23-51(50)57-54)36-13-6-12-35(25-36)39-19-22-49-45(28-39)30-42-9-2-4-17-47(42)49/h5-34H,1-4H3;1-28,31-32H,29-30H2. The van der Waals surface area contributed by atoms with E-state index in [-0.39, 0.29) is 10.8 Å². The quantitative estimate of drug-likeness (QED) is 0.136. The van der Waals surface area contributed by atoms with Crippen molar-refractivity contribution in [1.29, 1.82) is 0 Å². The fraction of sp³-hybridized carbons (Fsp3) is 0.0714. The first-order chi connectivity index (χ1) is 57.9. The van der Waals surface area contributed by atoms with Crippen molar-refractivity contribution in [1.82, 2.24) is 19.9 Å². The molecular weight excluding hydrogens is 1430 g/mol. The summed E-state index contributed by atoms with van der Waals surface area (Å²) in [5, 5.41) is 1.95. The Morgan fingerprint density at radius 1 is 0.212 bits per heavy atom. The second-order valence-electron chi connectivity index (χ2n) is 33.2. The molecule has 4 aliphatic rings. The first-order valence-corrected chi connectivity index (χ1v) is 40.8. The molecule has 0 N–H and O–H groups in total. The molecule has 0 saturated carbocycles. The number of hydrogen-bond donors (Lipinski definition) is 0. The van der Waals surface area contributed by atoms with E-state index in [2.05, 4.69) is 380 Å². The number of nitrogens with zero attached hydrogens (tertiary/aromatic N) is 4. The van der Waals surface area contributed by atoms with Crippen LogP contribution in [0.25, 0.3) is 200 Å². The Bertz CT molecular complexity index is 7590. The Kier molecular flexibility index (Phi) is 15.7. The van der Waals surface area contributed by atoms with E-state index in [4.69, 9.17) is 28.8 Å². The normalized spacial score (nSPS) is 13.3. The van der Waals surface area contributed by atoms with Gasteiger partial charge in [0.2, 0.25) is 0 Å². The SMILES string of the molecule is CC1(C)c2ccccc2-c2ccc(-c3cccc(-c4cccc(-c5ncnc6c5oc5ccc(-c7cccc(-c8ccc9c(c8)C(C)(C)c8ccccc8-9)c7)cc56)c4)c3)cc21.c1cc(-c2cccc(-c3ncnc4c3oc3ccc(-c5cccc(-c6ccc7c(c6)Cc6ccccc6-7)c5)cc34)c2)cc(-c2ccc3c(c2)Cc2ccccc2-3)c1. The summed E-state index contributed by atoms with van der Waals surface area (Å²) in [5.41, 5.74) is 48.8. The Morgan fingerprint density at radius 2 is 0.483 bits per heavy atom. The van der Waals surface area contributed by atoms with Crippen LogP contribution in [0.2, 0.25) is 0 Å². The van der Waals surface area contributed by atoms with Gasteiger partial charge in [-0.05, 0) is 264 Å². The van der Waals surface area contributed by atoms with Gasteiger partial charge in [0.05, 0.1) is 0 Å². The van der Waals surface area contributed by atoms with Crippen LogP contribution in [0.5, 0.6) is 0 Å². The fourth-order valence-corrected chi connectivity index (χ4v) is 19.5. The molecule has 0 saturated heterocycles. The highest BCUT2D eigenvalue weighted by Gasteiger charge is 2.37. The van der Waals surface area contributed by atoms with Crippen molar-refractivity contribution in [2.45, 2.75) is 51.4 Å². The second-order valence-corrected chi connectivity index (χ2v) is 33.2. The van der Waals surface area contributed by atoms with Crippen LogP contribution >= 0.6 is 0 Å². The first-order valence-electron chi connectivity index (χ1n) is 40.8. The lowest BCUT2D eigenvalue weighted by molar-refractivity contribution is 0.660. The highest BCUT2D eigenvalue weighted by molar-refractivity contribution is 6.09. The average Bonchev–Trinajstić information content (AvgIpc) is 1.58. The molecule has 16 aromatic carbocycles. The van der Waals surface area contributed by atoms with E-state index in [9.17, 15) is 0 Å². The van der Waals surface area contributed by atoms with Crippen LogP contribution in [-0.2, 0) is 23.7 Å². The molecule has 4 heterocycles. The predicted molar refractivity (Wildman–Crippen MR) is 485 cm³/mol. The van der Waals surface area contributed by atoms with Crippen LogP contribution in [0.4, 0.5) is 0 Å². The molecule has 0 bridgehead atoms. The van der Waals surface area contributed by atoms with E-state index in [1.807, 2.05) is 0 Å². The van der Waals surface area contributed by atoms with Gasteiger partial charge in [0.25, 0.3) is 0 Å². The van der Waals surface area contributed by atoms with E-state index in [1.165, 1.54) is 134 Å². The van der Waals surface area contributed by atoms with Gasteiger partial charge in [-0.15, -0.1) is 0 Å². The Labute approximate surface area is 684 Å². The first kappa shape index (κ1) is 68.8. The highest BCUT2D eigenvalue weighted by Crippen LogP contribution is 2.53. The van der Waals surface area contributed by atoms with Gasteiger partial charge in [-0.25, -0.2) is 19.9 Å². The molecule has 0 unspecified atom stereocenters. The largest absolute Gasteiger partial charge is 0.452 e. The number of benzene rings is 16. The van der Waals surface area contributed by atoms with Gasteiger partial charge in [-0.2, -0.15) is 0 Å². The molecule has 0 fully saturated rings. The van der Waals surface area contributed by atoms with Crippen molar-refractivity contribution < 1.29 is 8.83 Å². The van der Waals surface area contributed by atoms with E-state index < -0.39 is 0 Å². The lowest BCUT2D eigenvalue weighted by Crippen LogP contribution is -2.14. The van der Waals surface area contributed by atoms with Crippen LogP contribution in [0.15, 0.2) is 373 Å². The maximum Gasteiger partial charge on any atom is 0.180 e. The minimum absolute atomic E-state index is 0.0466. The molecule has 0 spiro atoms. The molecule has 20 aromatic rings. The zero-order valence-electron chi connectivity index (χ0n) is 65.7. The Hall–Kier alpha value is -14.7. The average molecular weight is 1510 g/mol. The van der Waals surface area contributed by atoms with Gasteiger partial charge in [0.15, 0.2) is 11.2 Å². The molecule has 0 amide bonds. The molecule has 6 heteroatoms. The molecule has 0 radical (unpaired) electrons. The van der Waals surface area contributed by atoms with Crippen molar-refractivity contribution in [2.75, 3.05) is 0 Å². The summed E-state index contributed by atoms with van der Waals surface area (Å²) in [5.74, 6) is 0. The lowest BCUT2D eigenvalue weighted by Gasteiger charge is -2.22. The maximum absolute atomic E-state index is 6.58. The minimum atomic E-state index is -0.0466. The third kappa shape index (κ3) is 11.4. The van der Waals surface area contributed by atoms with Crippen LogP contribution in [0, 0.1) is 0 Å². The van der Waals surface area contributed by atoms with Crippen molar-refractivity contribution >= 4 is 44.1 Å². The smallest absolute Gasteiger partial charge is 0.180 e. The van der Waals surface area contributed by atoms with Gasteiger partial charge < -0.3 is 8.83 Å². The minimum Gasteiger partial charge on any atom is -0.452 e. The van der Waals surface area contributed by atoms with Crippen LogP contribution < -0.4 is 0 Å². The molecule has 24 rings (SSSR count). The summed E-state index contributed by atoms with van der Waals surface area (Å²) in [4.78, 5) is 19.1. The maximum atomic E-state index is 6.58. The second kappa shape index (κ2) is 27.0. The summed E-state index contributed by atoms with van der Waals surface area (Å²) in [6, 6.07) is 128. The van der Waals surface area contributed by atoms with Crippen molar-refractivity contribution in [2.24, 2.45) is 0 Å². The molecule has 118 heavy (non-hydrogen) atoms. The molecule has 0 aliphatic heterocycles. The molecule has 4 aromatic heterocycles. The summed E-state index contributed by atoms with van der Waals surface area (Å²) in [6.07, 6.45) is 5.28. The number of fused-ring (bicyclic) bond motifs is 18. The molecule has 0 atom stereocenters. The van der Waals surface area contributed by atoms with Gasteiger partial charge in [0.1, 0.15) is 46.2 Å². The number of hydrogen-bond acceptors (Lipinski definition) is 6. The lowest BCUT2D eigenvalue weighted by atomic mass is 9.81. The number of furan rings is 2. The van der Waals surface area contributed by atoms with E-state index >= 15 is 0 Å². The van der Waals surface area contributed by atoms with Gasteiger partial charge in [0, 0.05) is 32.7 Å². The predicted octanol–water partition coefficient (Wildman–Crippen LogP) is 29.2.